The minimum absolute atomic E-state index is 0.794. The molecule has 0 spiro atoms. The molecule has 0 aliphatic rings. The van der Waals surface area contributed by atoms with E-state index in [9.17, 15) is 0 Å². The minimum atomic E-state index is 0.794. The Bertz CT molecular complexity index is 469. The van der Waals surface area contributed by atoms with Gasteiger partial charge < -0.3 is 11.1 Å². The van der Waals surface area contributed by atoms with Gasteiger partial charge in [0.2, 0.25) is 0 Å². The Labute approximate surface area is 109 Å². The van der Waals surface area contributed by atoms with E-state index in [-0.39, 0.29) is 0 Å². The zero-order valence-corrected chi connectivity index (χ0v) is 10.9. The van der Waals surface area contributed by atoms with Crippen molar-refractivity contribution in [2.45, 2.75) is 6.54 Å². The summed E-state index contributed by atoms with van der Waals surface area (Å²) >= 11 is 2.25. The maximum atomic E-state index is 5.92. The van der Waals surface area contributed by atoms with Gasteiger partial charge in [0, 0.05) is 10.1 Å². The summed E-state index contributed by atoms with van der Waals surface area (Å²) in [7, 11) is 0. The second-order valence-electron chi connectivity index (χ2n) is 3.57. The molecule has 2 rings (SSSR count). The first kappa shape index (κ1) is 11.3. The second-order valence-corrected chi connectivity index (χ2v) is 4.82. The van der Waals surface area contributed by atoms with Gasteiger partial charge in [-0.05, 0) is 46.4 Å². The lowest BCUT2D eigenvalue weighted by Gasteiger charge is -2.09. The molecule has 0 saturated heterocycles. The van der Waals surface area contributed by atoms with E-state index in [1.165, 1.54) is 5.56 Å². The third-order valence-electron chi connectivity index (χ3n) is 2.34. The number of hydrogen-bond acceptors (Lipinski definition) is 2. The molecular weight excluding hydrogens is 311 g/mol. The molecule has 2 aromatic carbocycles. The summed E-state index contributed by atoms with van der Waals surface area (Å²) in [5.74, 6) is 0. The molecule has 0 aromatic heterocycles. The highest BCUT2D eigenvalue weighted by atomic mass is 127. The molecule has 82 valence electrons. The summed E-state index contributed by atoms with van der Waals surface area (Å²) in [5, 5.41) is 3.33. The average molecular weight is 324 g/mol. The van der Waals surface area contributed by atoms with Crippen LogP contribution in [-0.4, -0.2) is 0 Å². The maximum absolute atomic E-state index is 5.92. The van der Waals surface area contributed by atoms with Crippen LogP contribution in [-0.2, 0) is 6.54 Å². The predicted molar refractivity (Wildman–Crippen MR) is 77.3 cm³/mol. The molecule has 0 aliphatic carbocycles. The number of hydrogen-bond donors (Lipinski definition) is 2. The fourth-order valence-corrected chi connectivity index (χ4v) is 2.00. The largest absolute Gasteiger partial charge is 0.397 e. The van der Waals surface area contributed by atoms with Crippen LogP contribution in [0.1, 0.15) is 5.56 Å². The first-order valence-corrected chi connectivity index (χ1v) is 6.16. The van der Waals surface area contributed by atoms with Crippen molar-refractivity contribution in [3.05, 3.63) is 57.7 Å². The van der Waals surface area contributed by atoms with Crippen LogP contribution in [0.4, 0.5) is 11.4 Å². The fraction of sp³-hybridized carbons (Fsp3) is 0.0769. The van der Waals surface area contributed by atoms with Crippen LogP contribution in [0.2, 0.25) is 0 Å². The average Bonchev–Trinajstić information content (AvgIpc) is 2.29. The van der Waals surface area contributed by atoms with Crippen LogP contribution in [0.25, 0.3) is 0 Å². The molecule has 0 radical (unpaired) electrons. The lowest BCUT2D eigenvalue weighted by atomic mass is 10.2. The van der Waals surface area contributed by atoms with E-state index in [2.05, 4.69) is 40.0 Å². The van der Waals surface area contributed by atoms with Crippen molar-refractivity contribution in [2.75, 3.05) is 11.1 Å². The molecule has 0 amide bonds. The summed E-state index contributed by atoms with van der Waals surface area (Å²) in [6.45, 7) is 0.797. The van der Waals surface area contributed by atoms with Gasteiger partial charge in [0.05, 0.1) is 11.4 Å². The van der Waals surface area contributed by atoms with Gasteiger partial charge in [0.1, 0.15) is 0 Å². The Kier molecular flexibility index (Phi) is 3.66. The van der Waals surface area contributed by atoms with E-state index in [0.29, 0.717) is 0 Å². The Hall–Kier alpha value is -1.23. The van der Waals surface area contributed by atoms with Crippen LogP contribution in [0.3, 0.4) is 0 Å². The lowest BCUT2D eigenvalue weighted by Crippen LogP contribution is -2.02. The van der Waals surface area contributed by atoms with Crippen molar-refractivity contribution in [1.82, 2.24) is 0 Å². The number of nitrogens with one attached hydrogen (secondary N) is 1. The van der Waals surface area contributed by atoms with E-state index >= 15 is 0 Å². The number of nitrogens with two attached hydrogens (primary N) is 1. The van der Waals surface area contributed by atoms with Crippen molar-refractivity contribution >= 4 is 34.0 Å². The van der Waals surface area contributed by atoms with Crippen molar-refractivity contribution in [2.24, 2.45) is 0 Å². The van der Waals surface area contributed by atoms with Gasteiger partial charge in [-0.2, -0.15) is 0 Å². The summed E-state index contributed by atoms with van der Waals surface area (Å²) in [5.41, 5.74) is 8.95. The third kappa shape index (κ3) is 2.88. The molecule has 0 atom stereocenters. The van der Waals surface area contributed by atoms with Crippen molar-refractivity contribution in [3.8, 4) is 0 Å². The lowest BCUT2D eigenvalue weighted by molar-refractivity contribution is 1.15. The van der Waals surface area contributed by atoms with Crippen LogP contribution in [0.15, 0.2) is 48.5 Å². The van der Waals surface area contributed by atoms with E-state index < -0.39 is 0 Å². The monoisotopic (exact) mass is 324 g/mol. The van der Waals surface area contributed by atoms with E-state index in [1.54, 1.807) is 0 Å². The van der Waals surface area contributed by atoms with Crippen LogP contribution in [0.5, 0.6) is 0 Å². The molecule has 3 heteroatoms. The minimum Gasteiger partial charge on any atom is -0.397 e. The number of halogens is 1. The Morgan fingerprint density at radius 3 is 2.50 bits per heavy atom. The number of nitrogen functional groups attached to an aromatic ring is 1. The van der Waals surface area contributed by atoms with Gasteiger partial charge in [0.25, 0.3) is 0 Å². The van der Waals surface area contributed by atoms with Gasteiger partial charge in [-0.25, -0.2) is 0 Å². The molecule has 0 heterocycles. The van der Waals surface area contributed by atoms with Crippen molar-refractivity contribution in [3.63, 3.8) is 0 Å². The zero-order valence-electron chi connectivity index (χ0n) is 8.78. The van der Waals surface area contributed by atoms with Gasteiger partial charge in [-0.15, -0.1) is 0 Å². The van der Waals surface area contributed by atoms with E-state index in [1.807, 2.05) is 36.4 Å². The van der Waals surface area contributed by atoms with Crippen molar-refractivity contribution in [1.29, 1.82) is 0 Å². The SMILES string of the molecule is Nc1cc(I)ccc1NCc1ccccc1. The Morgan fingerprint density at radius 2 is 1.81 bits per heavy atom. The van der Waals surface area contributed by atoms with E-state index in [0.717, 1.165) is 21.5 Å². The predicted octanol–water partition coefficient (Wildman–Crippen LogP) is 3.49. The molecular formula is C13H13IN2. The highest BCUT2D eigenvalue weighted by Crippen LogP contribution is 2.21. The standard InChI is InChI=1S/C13H13IN2/c14-11-6-7-13(12(15)8-11)16-9-10-4-2-1-3-5-10/h1-8,16H,9,15H2. The topological polar surface area (TPSA) is 38.0 Å². The van der Waals surface area contributed by atoms with Crippen LogP contribution >= 0.6 is 22.6 Å². The van der Waals surface area contributed by atoms with Gasteiger partial charge in [-0.3, -0.25) is 0 Å². The quantitative estimate of drug-likeness (QED) is 0.670. The maximum Gasteiger partial charge on any atom is 0.0577 e. The summed E-state index contributed by atoms with van der Waals surface area (Å²) in [6, 6.07) is 16.3. The molecule has 0 fully saturated rings. The normalized spacial score (nSPS) is 10.1. The van der Waals surface area contributed by atoms with Gasteiger partial charge in [0.15, 0.2) is 0 Å². The molecule has 2 aromatic rings. The number of rotatable bonds is 3. The molecule has 16 heavy (non-hydrogen) atoms. The van der Waals surface area contributed by atoms with Gasteiger partial charge in [-0.1, -0.05) is 30.3 Å². The van der Waals surface area contributed by atoms with Gasteiger partial charge >= 0.3 is 0 Å². The summed E-state index contributed by atoms with van der Waals surface area (Å²) < 4.78 is 1.15. The second kappa shape index (κ2) is 5.21. The number of benzene rings is 2. The smallest absolute Gasteiger partial charge is 0.0577 e. The third-order valence-corrected chi connectivity index (χ3v) is 3.01. The zero-order chi connectivity index (χ0) is 11.4. The van der Waals surface area contributed by atoms with Crippen LogP contribution in [0, 0.1) is 3.57 Å². The first-order valence-electron chi connectivity index (χ1n) is 5.08. The summed E-state index contributed by atoms with van der Waals surface area (Å²) in [4.78, 5) is 0. The highest BCUT2D eigenvalue weighted by molar-refractivity contribution is 14.1. The van der Waals surface area contributed by atoms with Crippen molar-refractivity contribution < 1.29 is 0 Å². The highest BCUT2D eigenvalue weighted by Gasteiger charge is 1.99. The van der Waals surface area contributed by atoms with E-state index in [4.69, 9.17) is 5.73 Å². The fourth-order valence-electron chi connectivity index (χ4n) is 1.49. The Morgan fingerprint density at radius 1 is 1.06 bits per heavy atom. The molecule has 3 N–H and O–H groups in total. The summed E-state index contributed by atoms with van der Waals surface area (Å²) in [6.07, 6.45) is 0. The Balaban J connectivity index is 2.05. The first-order chi connectivity index (χ1) is 7.75. The number of anilines is 2. The molecule has 2 nitrogen and oxygen atoms in total. The molecule has 0 aliphatic heterocycles. The van der Waals surface area contributed by atoms with Crippen LogP contribution < -0.4 is 11.1 Å². The molecule has 0 unspecified atom stereocenters. The molecule has 0 bridgehead atoms. The molecule has 0 saturated carbocycles.